The number of carbonyl (C=O) groups is 1. The van der Waals surface area contributed by atoms with Crippen molar-refractivity contribution < 1.29 is 14.6 Å². The van der Waals surface area contributed by atoms with Crippen molar-refractivity contribution in [3.63, 3.8) is 0 Å². The average Bonchev–Trinajstić information content (AvgIpc) is 2.17. The molecular weight excluding hydrogens is 196 g/mol. The summed E-state index contributed by atoms with van der Waals surface area (Å²) in [5.74, 6) is 0.376. The Balaban J connectivity index is 3.33. The normalized spacial score (nSPS) is 12.9. The van der Waals surface area contributed by atoms with E-state index in [4.69, 9.17) is 4.74 Å². The first-order valence-corrected chi connectivity index (χ1v) is 5.23. The number of hydrogen-bond donors (Lipinski definition) is 3. The van der Waals surface area contributed by atoms with Crippen LogP contribution in [0.5, 0.6) is 0 Å². The van der Waals surface area contributed by atoms with Gasteiger partial charge < -0.3 is 20.5 Å². The molecule has 0 saturated heterocycles. The zero-order valence-corrected chi connectivity index (χ0v) is 9.75. The number of nitrogens with one attached hydrogen (secondary N) is 2. The number of rotatable bonds is 8. The van der Waals surface area contributed by atoms with Gasteiger partial charge in [0, 0.05) is 20.2 Å². The number of amides is 1. The zero-order chi connectivity index (χ0) is 11.7. The number of likely N-dealkylation sites (N-methyl/N-ethyl adjacent to an activating group) is 1. The molecule has 0 aromatic rings. The van der Waals surface area contributed by atoms with Crippen LogP contribution < -0.4 is 10.6 Å². The van der Waals surface area contributed by atoms with Gasteiger partial charge in [-0.25, -0.2) is 0 Å². The first kappa shape index (κ1) is 14.3. The van der Waals surface area contributed by atoms with Gasteiger partial charge in [-0.2, -0.15) is 0 Å². The molecular formula is C10H22N2O3. The minimum Gasteiger partial charge on any atom is -0.389 e. The summed E-state index contributed by atoms with van der Waals surface area (Å²) in [6.45, 7) is 5.64. The van der Waals surface area contributed by atoms with Crippen LogP contribution in [-0.4, -0.2) is 50.5 Å². The molecule has 0 rings (SSSR count). The maximum atomic E-state index is 10.8. The molecule has 0 aliphatic heterocycles. The summed E-state index contributed by atoms with van der Waals surface area (Å²) >= 11 is 0. The van der Waals surface area contributed by atoms with Crippen molar-refractivity contribution in [3.8, 4) is 0 Å². The lowest BCUT2D eigenvalue weighted by Crippen LogP contribution is -2.37. The van der Waals surface area contributed by atoms with E-state index in [9.17, 15) is 9.90 Å². The molecule has 15 heavy (non-hydrogen) atoms. The highest BCUT2D eigenvalue weighted by Gasteiger charge is 2.05. The van der Waals surface area contributed by atoms with E-state index in [2.05, 4.69) is 24.5 Å². The zero-order valence-electron chi connectivity index (χ0n) is 9.75. The smallest absolute Gasteiger partial charge is 0.233 e. The highest BCUT2D eigenvalue weighted by molar-refractivity contribution is 5.77. The van der Waals surface area contributed by atoms with Crippen molar-refractivity contribution in [2.75, 3.05) is 33.4 Å². The van der Waals surface area contributed by atoms with Gasteiger partial charge in [0.25, 0.3) is 0 Å². The van der Waals surface area contributed by atoms with Gasteiger partial charge in [0.1, 0.15) is 0 Å². The van der Waals surface area contributed by atoms with E-state index in [-0.39, 0.29) is 12.5 Å². The van der Waals surface area contributed by atoms with Crippen LogP contribution in [0.1, 0.15) is 13.8 Å². The van der Waals surface area contributed by atoms with Crippen molar-refractivity contribution in [1.29, 1.82) is 0 Å². The Morgan fingerprint density at radius 2 is 2.07 bits per heavy atom. The predicted molar refractivity (Wildman–Crippen MR) is 58.6 cm³/mol. The quantitative estimate of drug-likeness (QED) is 0.506. The third-order valence-electron chi connectivity index (χ3n) is 1.71. The van der Waals surface area contributed by atoms with Crippen LogP contribution >= 0.6 is 0 Å². The molecule has 3 N–H and O–H groups in total. The molecule has 5 heteroatoms. The maximum absolute atomic E-state index is 10.8. The van der Waals surface area contributed by atoms with Gasteiger partial charge in [0.05, 0.1) is 19.3 Å². The molecule has 90 valence electrons. The molecule has 0 aromatic carbocycles. The summed E-state index contributed by atoms with van der Waals surface area (Å²) in [5.41, 5.74) is 0. The van der Waals surface area contributed by atoms with Crippen molar-refractivity contribution in [2.45, 2.75) is 20.0 Å². The van der Waals surface area contributed by atoms with Crippen molar-refractivity contribution in [2.24, 2.45) is 5.92 Å². The second-order valence-corrected chi connectivity index (χ2v) is 3.89. The van der Waals surface area contributed by atoms with Crippen LogP contribution in [0, 0.1) is 5.92 Å². The second kappa shape index (κ2) is 8.64. The van der Waals surface area contributed by atoms with Crippen LogP contribution in [0.3, 0.4) is 0 Å². The number of ether oxygens (including phenoxy) is 1. The molecule has 1 unspecified atom stereocenters. The molecule has 1 atom stereocenters. The monoisotopic (exact) mass is 218 g/mol. The van der Waals surface area contributed by atoms with Crippen molar-refractivity contribution >= 4 is 5.91 Å². The third-order valence-corrected chi connectivity index (χ3v) is 1.71. The lowest BCUT2D eigenvalue weighted by Gasteiger charge is -2.13. The molecule has 0 fully saturated rings. The third kappa shape index (κ3) is 9.65. The van der Waals surface area contributed by atoms with Gasteiger partial charge >= 0.3 is 0 Å². The van der Waals surface area contributed by atoms with Gasteiger partial charge in [-0.15, -0.1) is 0 Å². The average molecular weight is 218 g/mol. The molecule has 5 nitrogen and oxygen atoms in total. The van der Waals surface area contributed by atoms with E-state index in [0.29, 0.717) is 25.7 Å². The van der Waals surface area contributed by atoms with E-state index >= 15 is 0 Å². The van der Waals surface area contributed by atoms with Crippen LogP contribution in [0.25, 0.3) is 0 Å². The Labute approximate surface area is 91.2 Å². The fourth-order valence-electron chi connectivity index (χ4n) is 0.939. The molecule has 0 aliphatic rings. The lowest BCUT2D eigenvalue weighted by molar-refractivity contribution is -0.119. The molecule has 0 heterocycles. The van der Waals surface area contributed by atoms with Gasteiger partial charge in [0.2, 0.25) is 5.91 Å². The summed E-state index contributed by atoms with van der Waals surface area (Å²) < 4.78 is 5.25. The first-order valence-electron chi connectivity index (χ1n) is 5.23. The molecule has 0 aliphatic carbocycles. The summed E-state index contributed by atoms with van der Waals surface area (Å²) in [7, 11) is 1.58. The topological polar surface area (TPSA) is 70.6 Å². The second-order valence-electron chi connectivity index (χ2n) is 3.89. The standard InChI is InChI=1S/C10H22N2O3/c1-8(2)6-15-7-9(13)4-12-5-10(14)11-3/h8-9,12-13H,4-7H2,1-3H3,(H,11,14). The Morgan fingerprint density at radius 3 is 2.60 bits per heavy atom. The minimum absolute atomic E-state index is 0.0923. The van der Waals surface area contributed by atoms with Crippen LogP contribution in [0.2, 0.25) is 0 Å². The Hall–Kier alpha value is -0.650. The fourth-order valence-corrected chi connectivity index (χ4v) is 0.939. The summed E-state index contributed by atoms with van der Waals surface area (Å²) in [5, 5.41) is 14.7. The SMILES string of the molecule is CNC(=O)CNCC(O)COCC(C)C. The van der Waals surface area contributed by atoms with Crippen molar-refractivity contribution in [3.05, 3.63) is 0 Å². The van der Waals surface area contributed by atoms with E-state index in [1.807, 2.05) is 0 Å². The minimum atomic E-state index is -0.562. The summed E-state index contributed by atoms with van der Waals surface area (Å²) in [6, 6.07) is 0. The van der Waals surface area contributed by atoms with Gasteiger partial charge in [-0.1, -0.05) is 13.8 Å². The maximum Gasteiger partial charge on any atom is 0.233 e. The molecule has 0 aromatic heterocycles. The predicted octanol–water partition coefficient (Wildman–Crippen LogP) is -0.644. The number of aliphatic hydroxyl groups is 1. The fraction of sp³-hybridized carbons (Fsp3) is 0.900. The lowest BCUT2D eigenvalue weighted by atomic mass is 10.2. The number of carbonyl (C=O) groups excluding carboxylic acids is 1. The van der Waals surface area contributed by atoms with Gasteiger partial charge in [0.15, 0.2) is 0 Å². The highest BCUT2D eigenvalue weighted by atomic mass is 16.5. The summed E-state index contributed by atoms with van der Waals surface area (Å²) in [4.78, 5) is 10.8. The van der Waals surface area contributed by atoms with Gasteiger partial charge in [-0.05, 0) is 5.92 Å². The summed E-state index contributed by atoms with van der Waals surface area (Å²) in [6.07, 6.45) is -0.562. The Bertz CT molecular complexity index is 174. The Morgan fingerprint density at radius 1 is 1.40 bits per heavy atom. The van der Waals surface area contributed by atoms with E-state index in [0.717, 1.165) is 0 Å². The molecule has 0 radical (unpaired) electrons. The first-order chi connectivity index (χ1) is 7.06. The largest absolute Gasteiger partial charge is 0.389 e. The Kier molecular flexibility index (Phi) is 8.27. The molecule has 0 saturated carbocycles. The number of hydrogen-bond acceptors (Lipinski definition) is 4. The van der Waals surface area contributed by atoms with Crippen LogP contribution in [0.4, 0.5) is 0 Å². The molecule has 0 spiro atoms. The van der Waals surface area contributed by atoms with Crippen LogP contribution in [-0.2, 0) is 9.53 Å². The molecule has 1 amide bonds. The van der Waals surface area contributed by atoms with E-state index in [1.54, 1.807) is 7.05 Å². The van der Waals surface area contributed by atoms with Gasteiger partial charge in [-0.3, -0.25) is 4.79 Å². The van der Waals surface area contributed by atoms with Crippen LogP contribution in [0.15, 0.2) is 0 Å². The van der Waals surface area contributed by atoms with E-state index in [1.165, 1.54) is 0 Å². The van der Waals surface area contributed by atoms with Crippen molar-refractivity contribution in [1.82, 2.24) is 10.6 Å². The number of aliphatic hydroxyl groups excluding tert-OH is 1. The highest BCUT2D eigenvalue weighted by Crippen LogP contribution is 1.93. The molecule has 0 bridgehead atoms. The van der Waals surface area contributed by atoms with E-state index < -0.39 is 6.10 Å².